The van der Waals surface area contributed by atoms with E-state index in [1.54, 1.807) is 7.11 Å². The van der Waals surface area contributed by atoms with Crippen molar-refractivity contribution in [2.45, 2.75) is 63.5 Å². The summed E-state index contributed by atoms with van der Waals surface area (Å²) in [5.41, 5.74) is 3.97. The highest BCUT2D eigenvalue weighted by molar-refractivity contribution is 5.94. The van der Waals surface area contributed by atoms with Gasteiger partial charge < -0.3 is 10.1 Å². The second-order valence-electron chi connectivity index (χ2n) is 7.37. The topological polar surface area (TPSA) is 56.1 Å². The SMILES string of the molecule is CO[C@H]1CCC[C@H]1NC(=O)c1nn(-c2ccccc2)c2c1CCCCC2. The van der Waals surface area contributed by atoms with Gasteiger partial charge in [-0.25, -0.2) is 4.68 Å². The molecule has 0 saturated heterocycles. The van der Waals surface area contributed by atoms with Crippen LogP contribution in [0.5, 0.6) is 0 Å². The first-order chi connectivity index (χ1) is 12.8. The molecule has 1 amide bonds. The molecule has 2 atom stereocenters. The van der Waals surface area contributed by atoms with Crippen LogP contribution in [0.25, 0.3) is 5.69 Å². The number of methoxy groups -OCH3 is 1. The highest BCUT2D eigenvalue weighted by Gasteiger charge is 2.31. The highest BCUT2D eigenvalue weighted by Crippen LogP contribution is 2.27. The van der Waals surface area contributed by atoms with E-state index in [4.69, 9.17) is 9.84 Å². The zero-order valence-corrected chi connectivity index (χ0v) is 15.4. The molecular formula is C21H27N3O2. The molecule has 26 heavy (non-hydrogen) atoms. The number of carbonyl (C=O) groups excluding carboxylic acids is 1. The molecule has 1 fully saturated rings. The van der Waals surface area contributed by atoms with Gasteiger partial charge in [0.2, 0.25) is 0 Å². The molecule has 2 aliphatic carbocycles. The average molecular weight is 353 g/mol. The molecule has 1 aromatic carbocycles. The van der Waals surface area contributed by atoms with Crippen LogP contribution in [-0.4, -0.2) is 34.9 Å². The summed E-state index contributed by atoms with van der Waals surface area (Å²) in [5.74, 6) is -0.0493. The average Bonchev–Trinajstić information content (AvgIpc) is 3.19. The fourth-order valence-electron chi connectivity index (χ4n) is 4.35. The third-order valence-corrected chi connectivity index (χ3v) is 5.72. The van der Waals surface area contributed by atoms with E-state index >= 15 is 0 Å². The first-order valence-electron chi connectivity index (χ1n) is 9.78. The van der Waals surface area contributed by atoms with E-state index in [0.717, 1.165) is 56.2 Å². The van der Waals surface area contributed by atoms with E-state index in [1.807, 2.05) is 22.9 Å². The molecule has 4 rings (SSSR count). The molecule has 1 heterocycles. The largest absolute Gasteiger partial charge is 0.379 e. The van der Waals surface area contributed by atoms with Gasteiger partial charge in [0.15, 0.2) is 5.69 Å². The van der Waals surface area contributed by atoms with Gasteiger partial charge in [0, 0.05) is 18.4 Å². The van der Waals surface area contributed by atoms with Gasteiger partial charge in [-0.3, -0.25) is 4.79 Å². The van der Waals surface area contributed by atoms with Gasteiger partial charge in [-0.15, -0.1) is 0 Å². The first kappa shape index (κ1) is 17.3. The van der Waals surface area contributed by atoms with Gasteiger partial charge in [-0.05, 0) is 57.1 Å². The molecule has 0 radical (unpaired) electrons. The summed E-state index contributed by atoms with van der Waals surface area (Å²) in [5, 5.41) is 7.95. The third kappa shape index (κ3) is 3.28. The van der Waals surface area contributed by atoms with Gasteiger partial charge in [-0.1, -0.05) is 24.6 Å². The van der Waals surface area contributed by atoms with Crippen molar-refractivity contribution in [1.29, 1.82) is 0 Å². The number of carbonyl (C=O) groups is 1. The minimum Gasteiger partial charge on any atom is -0.379 e. The number of amides is 1. The lowest BCUT2D eigenvalue weighted by Gasteiger charge is -2.19. The quantitative estimate of drug-likeness (QED) is 0.857. The minimum atomic E-state index is -0.0493. The van der Waals surface area contributed by atoms with E-state index < -0.39 is 0 Å². The van der Waals surface area contributed by atoms with E-state index in [9.17, 15) is 4.79 Å². The predicted molar refractivity (Wildman–Crippen MR) is 101 cm³/mol. The molecule has 1 saturated carbocycles. The molecule has 138 valence electrons. The molecule has 1 N–H and O–H groups in total. The van der Waals surface area contributed by atoms with Crippen molar-refractivity contribution in [3.8, 4) is 5.69 Å². The number of fused-ring (bicyclic) bond motifs is 1. The van der Waals surface area contributed by atoms with Crippen molar-refractivity contribution in [3.63, 3.8) is 0 Å². The summed E-state index contributed by atoms with van der Waals surface area (Å²) >= 11 is 0. The first-order valence-corrected chi connectivity index (χ1v) is 9.78. The standard InChI is InChI=1S/C21H27N3O2/c1-26-19-14-8-12-17(19)22-21(25)20-16-11-6-3-7-13-18(16)24(23-20)15-9-4-2-5-10-15/h2,4-5,9-10,17,19H,3,6-8,11-14H2,1H3,(H,22,25)/t17-,19+/m1/s1. The van der Waals surface area contributed by atoms with Crippen molar-refractivity contribution < 1.29 is 9.53 Å². The number of hydrogen-bond donors (Lipinski definition) is 1. The maximum atomic E-state index is 13.0. The summed E-state index contributed by atoms with van der Waals surface area (Å²) < 4.78 is 7.51. The molecule has 0 spiro atoms. The molecule has 5 nitrogen and oxygen atoms in total. The van der Waals surface area contributed by atoms with Crippen LogP contribution in [0.15, 0.2) is 30.3 Å². The van der Waals surface area contributed by atoms with Crippen LogP contribution in [0.1, 0.15) is 60.3 Å². The Bertz CT molecular complexity index is 769. The fourth-order valence-corrected chi connectivity index (χ4v) is 4.35. The Morgan fingerprint density at radius 1 is 1.12 bits per heavy atom. The molecule has 0 aliphatic heterocycles. The van der Waals surface area contributed by atoms with Gasteiger partial charge in [-0.2, -0.15) is 5.10 Å². The summed E-state index contributed by atoms with van der Waals surface area (Å²) in [6, 6.07) is 10.2. The van der Waals surface area contributed by atoms with Gasteiger partial charge >= 0.3 is 0 Å². The van der Waals surface area contributed by atoms with Crippen LogP contribution in [-0.2, 0) is 17.6 Å². The summed E-state index contributed by atoms with van der Waals surface area (Å²) in [6.07, 6.45) is 8.60. The zero-order valence-electron chi connectivity index (χ0n) is 15.4. The number of hydrogen-bond acceptors (Lipinski definition) is 3. The molecule has 0 unspecified atom stereocenters. The van der Waals surface area contributed by atoms with Crippen molar-refractivity contribution in [2.75, 3.05) is 7.11 Å². The number of nitrogens with zero attached hydrogens (tertiary/aromatic N) is 2. The Morgan fingerprint density at radius 3 is 2.73 bits per heavy atom. The minimum absolute atomic E-state index is 0.0493. The summed E-state index contributed by atoms with van der Waals surface area (Å²) in [4.78, 5) is 13.0. The Labute approximate surface area is 154 Å². The lowest BCUT2D eigenvalue weighted by Crippen LogP contribution is -2.41. The second-order valence-corrected chi connectivity index (χ2v) is 7.37. The van der Waals surface area contributed by atoms with Crippen LogP contribution in [0.4, 0.5) is 0 Å². The second kappa shape index (κ2) is 7.62. The summed E-state index contributed by atoms with van der Waals surface area (Å²) in [7, 11) is 1.73. The number of rotatable bonds is 4. The van der Waals surface area contributed by atoms with Crippen molar-refractivity contribution in [1.82, 2.24) is 15.1 Å². The number of benzene rings is 1. The van der Waals surface area contributed by atoms with Crippen LogP contribution in [0, 0.1) is 0 Å². The Kier molecular flexibility index (Phi) is 5.07. The number of para-hydroxylation sites is 1. The van der Waals surface area contributed by atoms with Crippen LogP contribution < -0.4 is 5.32 Å². The Balaban J connectivity index is 1.67. The lowest BCUT2D eigenvalue weighted by atomic mass is 10.1. The Hall–Kier alpha value is -2.14. The normalized spacial score (nSPS) is 22.7. The van der Waals surface area contributed by atoms with Crippen molar-refractivity contribution in [2.24, 2.45) is 0 Å². The van der Waals surface area contributed by atoms with Gasteiger partial charge in [0.1, 0.15) is 0 Å². The number of aromatic nitrogens is 2. The number of nitrogens with one attached hydrogen (secondary N) is 1. The molecular weight excluding hydrogens is 326 g/mol. The van der Waals surface area contributed by atoms with Crippen molar-refractivity contribution >= 4 is 5.91 Å². The molecule has 5 heteroatoms. The molecule has 2 aliphatic rings. The van der Waals surface area contributed by atoms with E-state index in [2.05, 4.69) is 17.4 Å². The van der Waals surface area contributed by atoms with Crippen LogP contribution in [0.3, 0.4) is 0 Å². The zero-order chi connectivity index (χ0) is 17.9. The monoisotopic (exact) mass is 353 g/mol. The summed E-state index contributed by atoms with van der Waals surface area (Å²) in [6.45, 7) is 0. The van der Waals surface area contributed by atoms with E-state index in [-0.39, 0.29) is 18.1 Å². The number of ether oxygens (including phenoxy) is 1. The fraction of sp³-hybridized carbons (Fsp3) is 0.524. The molecule has 1 aromatic heterocycles. The smallest absolute Gasteiger partial charge is 0.272 e. The van der Waals surface area contributed by atoms with Crippen LogP contribution >= 0.6 is 0 Å². The molecule has 0 bridgehead atoms. The molecule has 2 aromatic rings. The maximum Gasteiger partial charge on any atom is 0.272 e. The van der Waals surface area contributed by atoms with Gasteiger partial charge in [0.25, 0.3) is 5.91 Å². The third-order valence-electron chi connectivity index (χ3n) is 5.72. The van der Waals surface area contributed by atoms with Crippen molar-refractivity contribution in [3.05, 3.63) is 47.3 Å². The Morgan fingerprint density at radius 2 is 1.92 bits per heavy atom. The van der Waals surface area contributed by atoms with Crippen LogP contribution in [0.2, 0.25) is 0 Å². The van der Waals surface area contributed by atoms with E-state index in [0.29, 0.717) is 5.69 Å². The van der Waals surface area contributed by atoms with E-state index in [1.165, 1.54) is 12.1 Å². The van der Waals surface area contributed by atoms with Gasteiger partial charge in [0.05, 0.1) is 17.8 Å². The highest BCUT2D eigenvalue weighted by atomic mass is 16.5. The predicted octanol–water partition coefficient (Wildman–Crippen LogP) is 3.44. The lowest BCUT2D eigenvalue weighted by molar-refractivity contribution is 0.0718. The maximum absolute atomic E-state index is 13.0.